The molecule has 0 aliphatic heterocycles. The van der Waals surface area contributed by atoms with Crippen molar-refractivity contribution in [3.63, 3.8) is 0 Å². The van der Waals surface area contributed by atoms with E-state index in [2.05, 4.69) is 15.6 Å². The number of amides is 2. The van der Waals surface area contributed by atoms with Crippen molar-refractivity contribution < 1.29 is 14.7 Å². The molecule has 6 heteroatoms. The van der Waals surface area contributed by atoms with Crippen molar-refractivity contribution in [3.05, 3.63) is 30.1 Å². The lowest BCUT2D eigenvalue weighted by Gasteiger charge is -2.14. The minimum Gasteiger partial charge on any atom is -0.480 e. The summed E-state index contributed by atoms with van der Waals surface area (Å²) < 4.78 is 0. The van der Waals surface area contributed by atoms with E-state index >= 15 is 0 Å². The Morgan fingerprint density at radius 3 is 2.80 bits per heavy atom. The van der Waals surface area contributed by atoms with Gasteiger partial charge in [-0.25, -0.2) is 9.59 Å². The molecule has 0 fully saturated rings. The van der Waals surface area contributed by atoms with Crippen molar-refractivity contribution in [2.45, 2.75) is 38.6 Å². The first-order chi connectivity index (χ1) is 9.63. The van der Waals surface area contributed by atoms with E-state index in [1.54, 1.807) is 6.20 Å². The fraction of sp³-hybridized carbons (Fsp3) is 0.500. The third kappa shape index (κ3) is 6.17. The first-order valence-corrected chi connectivity index (χ1v) is 6.80. The third-order valence-corrected chi connectivity index (χ3v) is 2.84. The van der Waals surface area contributed by atoms with Gasteiger partial charge in [-0.1, -0.05) is 25.8 Å². The van der Waals surface area contributed by atoms with E-state index in [1.807, 2.05) is 25.1 Å². The Balaban J connectivity index is 2.29. The van der Waals surface area contributed by atoms with E-state index in [4.69, 9.17) is 5.11 Å². The summed E-state index contributed by atoms with van der Waals surface area (Å²) in [5.74, 6) is -1.00. The molecule has 0 aromatic carbocycles. The van der Waals surface area contributed by atoms with Crippen molar-refractivity contribution in [1.82, 2.24) is 15.6 Å². The van der Waals surface area contributed by atoms with E-state index in [-0.39, 0.29) is 0 Å². The van der Waals surface area contributed by atoms with Crippen LogP contribution in [0.5, 0.6) is 0 Å². The van der Waals surface area contributed by atoms with Gasteiger partial charge in [0.15, 0.2) is 0 Å². The zero-order valence-corrected chi connectivity index (χ0v) is 11.6. The second-order valence-corrected chi connectivity index (χ2v) is 4.50. The predicted molar refractivity (Wildman–Crippen MR) is 75.4 cm³/mol. The largest absolute Gasteiger partial charge is 0.480 e. The first kappa shape index (κ1) is 15.9. The molecule has 1 heterocycles. The number of urea groups is 1. The molecule has 20 heavy (non-hydrogen) atoms. The predicted octanol–water partition coefficient (Wildman–Crippen LogP) is 1.57. The highest BCUT2D eigenvalue weighted by Gasteiger charge is 2.18. The maximum Gasteiger partial charge on any atom is 0.326 e. The maximum atomic E-state index is 11.6. The van der Waals surface area contributed by atoms with Gasteiger partial charge >= 0.3 is 12.0 Å². The van der Waals surface area contributed by atoms with Gasteiger partial charge in [0.25, 0.3) is 0 Å². The van der Waals surface area contributed by atoms with Gasteiger partial charge in [0.1, 0.15) is 6.04 Å². The number of carbonyl (C=O) groups is 2. The summed E-state index contributed by atoms with van der Waals surface area (Å²) >= 11 is 0. The number of unbranched alkanes of at least 4 members (excludes halogenated alkanes) is 1. The number of aliphatic carboxylic acids is 1. The van der Waals surface area contributed by atoms with E-state index in [0.717, 1.165) is 18.5 Å². The Kier molecular flexibility index (Phi) is 7.10. The summed E-state index contributed by atoms with van der Waals surface area (Å²) in [7, 11) is 0. The lowest BCUT2D eigenvalue weighted by atomic mass is 10.1. The van der Waals surface area contributed by atoms with Crippen molar-refractivity contribution in [2.75, 3.05) is 6.54 Å². The Morgan fingerprint density at radius 1 is 1.40 bits per heavy atom. The zero-order valence-electron chi connectivity index (χ0n) is 11.6. The average molecular weight is 279 g/mol. The zero-order chi connectivity index (χ0) is 14.8. The Hall–Kier alpha value is -2.11. The highest BCUT2D eigenvalue weighted by molar-refractivity contribution is 5.82. The Bertz CT molecular complexity index is 423. The Labute approximate surface area is 118 Å². The van der Waals surface area contributed by atoms with Crippen LogP contribution in [0.3, 0.4) is 0 Å². The van der Waals surface area contributed by atoms with E-state index in [1.165, 1.54) is 0 Å². The van der Waals surface area contributed by atoms with Crippen molar-refractivity contribution in [1.29, 1.82) is 0 Å². The molecule has 1 aromatic heterocycles. The van der Waals surface area contributed by atoms with Crippen LogP contribution >= 0.6 is 0 Å². The molecule has 110 valence electrons. The van der Waals surface area contributed by atoms with Crippen LogP contribution in [0.2, 0.25) is 0 Å². The van der Waals surface area contributed by atoms with Gasteiger partial charge in [-0.05, 0) is 18.6 Å². The average Bonchev–Trinajstić information content (AvgIpc) is 2.44. The van der Waals surface area contributed by atoms with E-state index in [0.29, 0.717) is 19.4 Å². The minimum absolute atomic E-state index is 0.420. The van der Waals surface area contributed by atoms with Gasteiger partial charge in [0.05, 0.1) is 0 Å². The molecule has 1 aromatic rings. The number of hydrogen-bond donors (Lipinski definition) is 3. The molecule has 0 bridgehead atoms. The molecule has 2 amide bonds. The van der Waals surface area contributed by atoms with Gasteiger partial charge in [-0.15, -0.1) is 0 Å². The highest BCUT2D eigenvalue weighted by atomic mass is 16.4. The van der Waals surface area contributed by atoms with Gasteiger partial charge < -0.3 is 15.7 Å². The summed E-state index contributed by atoms with van der Waals surface area (Å²) in [5, 5.41) is 14.1. The van der Waals surface area contributed by atoms with Crippen LogP contribution in [0.4, 0.5) is 4.79 Å². The molecule has 0 aliphatic carbocycles. The van der Waals surface area contributed by atoms with E-state index in [9.17, 15) is 9.59 Å². The molecule has 0 unspecified atom stereocenters. The molecule has 0 saturated heterocycles. The summed E-state index contributed by atoms with van der Waals surface area (Å²) in [5.41, 5.74) is 0.883. The molecular formula is C14H21N3O3. The van der Waals surface area contributed by atoms with Crippen LogP contribution in [0.15, 0.2) is 24.4 Å². The molecule has 1 atom stereocenters. The normalized spacial score (nSPS) is 11.7. The molecule has 6 nitrogen and oxygen atoms in total. The SMILES string of the molecule is CCCC[C@H](NC(=O)NCCc1ccccn1)C(=O)O. The van der Waals surface area contributed by atoms with Crippen LogP contribution < -0.4 is 10.6 Å². The summed E-state index contributed by atoms with van der Waals surface area (Å²) in [4.78, 5) is 26.7. The van der Waals surface area contributed by atoms with Gasteiger partial charge in [0.2, 0.25) is 0 Å². The number of aromatic nitrogens is 1. The van der Waals surface area contributed by atoms with Crippen LogP contribution in [-0.2, 0) is 11.2 Å². The van der Waals surface area contributed by atoms with Crippen LogP contribution in [0.25, 0.3) is 0 Å². The number of rotatable bonds is 8. The van der Waals surface area contributed by atoms with Gasteiger partial charge in [-0.2, -0.15) is 0 Å². The standard InChI is InChI=1S/C14H21N3O3/c1-2-3-7-12(13(18)19)17-14(20)16-10-8-11-6-4-5-9-15-11/h4-6,9,12H,2-3,7-8,10H2,1H3,(H,18,19)(H2,16,17,20)/t12-/m0/s1. The molecule has 3 N–H and O–H groups in total. The number of pyridine rings is 1. The highest BCUT2D eigenvalue weighted by Crippen LogP contribution is 2.00. The quantitative estimate of drug-likeness (QED) is 0.673. The first-order valence-electron chi connectivity index (χ1n) is 6.80. The van der Waals surface area contributed by atoms with Gasteiger partial charge in [-0.3, -0.25) is 4.98 Å². The number of hydrogen-bond acceptors (Lipinski definition) is 3. The van der Waals surface area contributed by atoms with Crippen molar-refractivity contribution in [3.8, 4) is 0 Å². The fourth-order valence-electron chi connectivity index (χ4n) is 1.73. The number of carboxylic acids is 1. The summed E-state index contributed by atoms with van der Waals surface area (Å²) in [6.45, 7) is 2.40. The lowest BCUT2D eigenvalue weighted by molar-refractivity contribution is -0.139. The van der Waals surface area contributed by atoms with Gasteiger partial charge in [0, 0.05) is 24.9 Å². The number of nitrogens with zero attached hydrogens (tertiary/aromatic N) is 1. The molecule has 0 aliphatic rings. The number of nitrogens with one attached hydrogen (secondary N) is 2. The minimum atomic E-state index is -1.00. The molecule has 0 radical (unpaired) electrons. The molecule has 0 saturated carbocycles. The fourth-order valence-corrected chi connectivity index (χ4v) is 1.73. The summed E-state index contributed by atoms with van der Waals surface area (Å²) in [6, 6.07) is 4.30. The lowest BCUT2D eigenvalue weighted by Crippen LogP contribution is -2.46. The molecule has 1 rings (SSSR count). The van der Waals surface area contributed by atoms with Crippen LogP contribution in [0.1, 0.15) is 31.9 Å². The van der Waals surface area contributed by atoms with Crippen molar-refractivity contribution >= 4 is 12.0 Å². The second-order valence-electron chi connectivity index (χ2n) is 4.50. The maximum absolute atomic E-state index is 11.6. The Morgan fingerprint density at radius 2 is 2.20 bits per heavy atom. The van der Waals surface area contributed by atoms with Crippen LogP contribution in [0, 0.1) is 0 Å². The topological polar surface area (TPSA) is 91.3 Å². The van der Waals surface area contributed by atoms with Crippen molar-refractivity contribution in [2.24, 2.45) is 0 Å². The second kappa shape index (κ2) is 8.90. The molecule has 0 spiro atoms. The van der Waals surface area contributed by atoms with Crippen LogP contribution in [-0.4, -0.2) is 34.7 Å². The monoisotopic (exact) mass is 279 g/mol. The smallest absolute Gasteiger partial charge is 0.326 e. The third-order valence-electron chi connectivity index (χ3n) is 2.84. The van der Waals surface area contributed by atoms with E-state index < -0.39 is 18.0 Å². The number of carbonyl (C=O) groups excluding carboxylic acids is 1. The summed E-state index contributed by atoms with van der Waals surface area (Å²) in [6.07, 6.45) is 4.42. The molecular weight excluding hydrogens is 258 g/mol. The number of carboxylic acid groups (broad SMARTS) is 1.